The minimum atomic E-state index is -0.453. The molecule has 8 aromatic carbocycles. The molecule has 0 N–H and O–H groups in total. The molecule has 0 amide bonds. The van der Waals surface area contributed by atoms with Crippen LogP contribution < -0.4 is 4.90 Å². The van der Waals surface area contributed by atoms with Gasteiger partial charge in [0.1, 0.15) is 11.2 Å². The standard InChI is InChI=1S/C56H41NO/c1-38-21-32-49-48-19-11-12-20-52(48)56(53(49)35-38,43-17-9-4-10-18-43)44-26-33-50-51-34-31-47(37-55(51)58-54(50)36-44)57(45-27-22-41(23-28-45)39-13-5-2-6-14-39)46-29-24-42(25-30-46)40-15-7-3-8-16-40/h2-20,22-38H,21H2,1H3. The Morgan fingerprint density at radius 3 is 1.64 bits per heavy atom. The molecule has 2 aliphatic carbocycles. The summed E-state index contributed by atoms with van der Waals surface area (Å²) in [6.45, 7) is 2.33. The first-order valence-corrected chi connectivity index (χ1v) is 20.3. The number of rotatable bonds is 7. The number of anilines is 3. The molecule has 11 rings (SSSR count). The van der Waals surface area contributed by atoms with Crippen molar-refractivity contribution in [2.75, 3.05) is 4.90 Å². The molecule has 2 aliphatic rings. The average molecular weight is 744 g/mol. The first-order chi connectivity index (χ1) is 28.6. The monoisotopic (exact) mass is 743 g/mol. The molecule has 58 heavy (non-hydrogen) atoms. The number of furan rings is 1. The van der Waals surface area contributed by atoms with Crippen molar-refractivity contribution in [2.45, 2.75) is 18.8 Å². The Morgan fingerprint density at radius 2 is 1.00 bits per heavy atom. The van der Waals surface area contributed by atoms with Crippen LogP contribution >= 0.6 is 0 Å². The smallest absolute Gasteiger partial charge is 0.137 e. The Bertz CT molecular complexity index is 2930. The van der Waals surface area contributed by atoms with Gasteiger partial charge in [-0.25, -0.2) is 0 Å². The van der Waals surface area contributed by atoms with Crippen LogP contribution in [0.25, 0.3) is 49.8 Å². The molecule has 0 saturated carbocycles. The second kappa shape index (κ2) is 13.8. The number of fused-ring (bicyclic) bond motifs is 6. The van der Waals surface area contributed by atoms with Gasteiger partial charge in [-0.05, 0) is 110 Å². The summed E-state index contributed by atoms with van der Waals surface area (Å²) in [7, 11) is 0. The third kappa shape index (κ3) is 5.48. The van der Waals surface area contributed by atoms with E-state index in [-0.39, 0.29) is 0 Å². The quantitative estimate of drug-likeness (QED) is 0.162. The van der Waals surface area contributed by atoms with Crippen molar-refractivity contribution in [3.8, 4) is 22.3 Å². The summed E-state index contributed by atoms with van der Waals surface area (Å²) < 4.78 is 6.93. The van der Waals surface area contributed by atoms with Crippen molar-refractivity contribution in [3.05, 3.63) is 240 Å². The lowest BCUT2D eigenvalue weighted by Crippen LogP contribution is -2.29. The van der Waals surface area contributed by atoms with Gasteiger partial charge < -0.3 is 9.32 Å². The van der Waals surface area contributed by atoms with Gasteiger partial charge in [-0.1, -0.05) is 171 Å². The molecule has 9 aromatic rings. The SMILES string of the molecule is CC1C=C2C(=CC1)c1ccccc1C2(c1ccccc1)c1ccc2c(c1)oc1cc(N(c3ccc(-c4ccccc4)cc3)c3ccc(-c4ccccc4)cc3)ccc12. The highest BCUT2D eigenvalue weighted by Crippen LogP contribution is 2.59. The van der Waals surface area contributed by atoms with Crippen LogP contribution in [0.15, 0.2) is 222 Å². The maximum absolute atomic E-state index is 6.93. The van der Waals surface area contributed by atoms with Gasteiger partial charge in [-0.15, -0.1) is 0 Å². The summed E-state index contributed by atoms with van der Waals surface area (Å²) in [5.41, 5.74) is 17.2. The Balaban J connectivity index is 1.05. The highest BCUT2D eigenvalue weighted by Gasteiger charge is 2.49. The van der Waals surface area contributed by atoms with Crippen LogP contribution in [0.5, 0.6) is 0 Å². The Morgan fingerprint density at radius 1 is 0.483 bits per heavy atom. The molecular weight excluding hydrogens is 703 g/mol. The topological polar surface area (TPSA) is 16.4 Å². The molecule has 1 heterocycles. The molecule has 0 bridgehead atoms. The van der Waals surface area contributed by atoms with Crippen LogP contribution in [0.2, 0.25) is 0 Å². The van der Waals surface area contributed by atoms with E-state index < -0.39 is 5.41 Å². The minimum absolute atomic E-state index is 0.453. The molecule has 0 aliphatic heterocycles. The van der Waals surface area contributed by atoms with Crippen molar-refractivity contribution in [3.63, 3.8) is 0 Å². The van der Waals surface area contributed by atoms with Crippen molar-refractivity contribution in [2.24, 2.45) is 5.92 Å². The Kier molecular flexibility index (Phi) is 8.11. The van der Waals surface area contributed by atoms with Crippen LogP contribution in [-0.2, 0) is 5.41 Å². The molecule has 2 atom stereocenters. The predicted octanol–water partition coefficient (Wildman–Crippen LogP) is 15.1. The number of benzene rings is 8. The van der Waals surface area contributed by atoms with Crippen LogP contribution in [0.3, 0.4) is 0 Å². The fourth-order valence-electron chi connectivity index (χ4n) is 9.56. The highest BCUT2D eigenvalue weighted by molar-refractivity contribution is 6.07. The van der Waals surface area contributed by atoms with E-state index in [1.54, 1.807) is 0 Å². The first-order valence-electron chi connectivity index (χ1n) is 20.3. The van der Waals surface area contributed by atoms with Gasteiger partial charge in [0, 0.05) is 33.9 Å². The van der Waals surface area contributed by atoms with E-state index in [1.807, 2.05) is 0 Å². The number of nitrogens with zero attached hydrogens (tertiary/aromatic N) is 1. The Hall–Kier alpha value is -7.16. The maximum atomic E-state index is 6.93. The summed E-state index contributed by atoms with van der Waals surface area (Å²) in [4.78, 5) is 2.33. The fraction of sp³-hybridized carbons (Fsp3) is 0.0714. The number of allylic oxidation sites excluding steroid dienone is 4. The van der Waals surface area contributed by atoms with Gasteiger partial charge in [-0.2, -0.15) is 0 Å². The van der Waals surface area contributed by atoms with E-state index in [0.29, 0.717) is 5.92 Å². The molecule has 0 spiro atoms. The zero-order valence-corrected chi connectivity index (χ0v) is 32.3. The normalized spacial score (nSPS) is 17.1. The van der Waals surface area contributed by atoms with Gasteiger partial charge in [0.15, 0.2) is 0 Å². The van der Waals surface area contributed by atoms with E-state index in [4.69, 9.17) is 4.42 Å². The van der Waals surface area contributed by atoms with Crippen molar-refractivity contribution < 1.29 is 4.42 Å². The molecule has 2 unspecified atom stereocenters. The zero-order chi connectivity index (χ0) is 38.6. The van der Waals surface area contributed by atoms with E-state index in [0.717, 1.165) is 45.4 Å². The predicted molar refractivity (Wildman–Crippen MR) is 242 cm³/mol. The van der Waals surface area contributed by atoms with Gasteiger partial charge >= 0.3 is 0 Å². The lowest BCUT2D eigenvalue weighted by atomic mass is 9.66. The van der Waals surface area contributed by atoms with Gasteiger partial charge in [-0.3, -0.25) is 0 Å². The third-order valence-corrected chi connectivity index (χ3v) is 12.3. The maximum Gasteiger partial charge on any atom is 0.137 e. The summed E-state index contributed by atoms with van der Waals surface area (Å²) in [5.74, 6) is 0.455. The summed E-state index contributed by atoms with van der Waals surface area (Å²) in [5, 5.41) is 2.23. The first kappa shape index (κ1) is 34.1. The molecule has 0 fully saturated rings. The fourth-order valence-corrected chi connectivity index (χ4v) is 9.56. The van der Waals surface area contributed by atoms with Crippen LogP contribution in [0, 0.1) is 5.92 Å². The number of hydrogen-bond acceptors (Lipinski definition) is 2. The molecule has 2 heteroatoms. The van der Waals surface area contributed by atoms with Crippen molar-refractivity contribution in [1.82, 2.24) is 0 Å². The summed E-state index contributed by atoms with van der Waals surface area (Å²) in [6, 6.07) is 72.5. The van der Waals surface area contributed by atoms with Gasteiger partial charge in [0.05, 0.1) is 5.41 Å². The second-order valence-corrected chi connectivity index (χ2v) is 15.7. The molecule has 2 nitrogen and oxygen atoms in total. The molecular formula is C56H41NO. The van der Waals surface area contributed by atoms with E-state index in [9.17, 15) is 0 Å². The van der Waals surface area contributed by atoms with Crippen LogP contribution in [0.1, 0.15) is 35.6 Å². The van der Waals surface area contributed by atoms with Crippen molar-refractivity contribution in [1.29, 1.82) is 0 Å². The van der Waals surface area contributed by atoms with E-state index in [2.05, 4.69) is 224 Å². The van der Waals surface area contributed by atoms with Gasteiger partial charge in [0.2, 0.25) is 0 Å². The lowest BCUT2D eigenvalue weighted by Gasteiger charge is -2.35. The van der Waals surface area contributed by atoms with E-state index >= 15 is 0 Å². The zero-order valence-electron chi connectivity index (χ0n) is 32.3. The number of hydrogen-bond donors (Lipinski definition) is 0. The summed E-state index contributed by atoms with van der Waals surface area (Å²) in [6.07, 6.45) is 6.03. The third-order valence-electron chi connectivity index (χ3n) is 12.3. The van der Waals surface area contributed by atoms with E-state index in [1.165, 1.54) is 55.7 Å². The highest BCUT2D eigenvalue weighted by atomic mass is 16.3. The Labute approximate surface area is 339 Å². The summed E-state index contributed by atoms with van der Waals surface area (Å²) >= 11 is 0. The van der Waals surface area contributed by atoms with Crippen LogP contribution in [0.4, 0.5) is 17.1 Å². The molecule has 1 aromatic heterocycles. The average Bonchev–Trinajstić information content (AvgIpc) is 3.80. The van der Waals surface area contributed by atoms with Crippen molar-refractivity contribution >= 4 is 44.6 Å². The molecule has 0 radical (unpaired) electrons. The van der Waals surface area contributed by atoms with Gasteiger partial charge in [0.25, 0.3) is 0 Å². The molecule has 0 saturated heterocycles. The second-order valence-electron chi connectivity index (χ2n) is 15.7. The lowest BCUT2D eigenvalue weighted by molar-refractivity contribution is 0.663. The minimum Gasteiger partial charge on any atom is -0.456 e. The van der Waals surface area contributed by atoms with Crippen LogP contribution in [-0.4, -0.2) is 0 Å². The molecule has 276 valence electrons. The largest absolute Gasteiger partial charge is 0.456 e.